The van der Waals surface area contributed by atoms with Gasteiger partial charge in [-0.2, -0.15) is 0 Å². The number of benzene rings is 1. The van der Waals surface area contributed by atoms with Gasteiger partial charge in [0.1, 0.15) is 0 Å². The third-order valence-corrected chi connectivity index (χ3v) is 2.67. The van der Waals surface area contributed by atoms with Crippen LogP contribution in [-0.4, -0.2) is 23.8 Å². The fourth-order valence-electron chi connectivity index (χ4n) is 1.30. The molecule has 0 spiro atoms. The zero-order valence-electron chi connectivity index (χ0n) is 8.95. The SMILES string of the molecule is NCC(N)Cc1ccc(NC(=O)CBr)cc1. The Hall–Kier alpha value is -0.910. The van der Waals surface area contributed by atoms with Crippen LogP contribution in [-0.2, 0) is 11.2 Å². The molecule has 0 heterocycles. The van der Waals surface area contributed by atoms with Gasteiger partial charge in [-0.05, 0) is 24.1 Å². The molecule has 5 heteroatoms. The van der Waals surface area contributed by atoms with E-state index in [9.17, 15) is 4.79 Å². The molecule has 0 aromatic heterocycles. The van der Waals surface area contributed by atoms with Crippen LogP contribution >= 0.6 is 15.9 Å². The van der Waals surface area contributed by atoms with E-state index in [-0.39, 0.29) is 11.9 Å². The van der Waals surface area contributed by atoms with Crippen LogP contribution in [0.2, 0.25) is 0 Å². The van der Waals surface area contributed by atoms with Crippen molar-refractivity contribution < 1.29 is 4.79 Å². The molecule has 0 aliphatic rings. The summed E-state index contributed by atoms with van der Waals surface area (Å²) < 4.78 is 0. The van der Waals surface area contributed by atoms with E-state index in [0.717, 1.165) is 17.7 Å². The average Bonchev–Trinajstić information content (AvgIpc) is 2.31. The van der Waals surface area contributed by atoms with E-state index < -0.39 is 0 Å². The lowest BCUT2D eigenvalue weighted by molar-refractivity contribution is -0.113. The highest BCUT2D eigenvalue weighted by molar-refractivity contribution is 9.09. The van der Waals surface area contributed by atoms with Crippen LogP contribution in [0.3, 0.4) is 0 Å². The van der Waals surface area contributed by atoms with E-state index in [4.69, 9.17) is 11.5 Å². The van der Waals surface area contributed by atoms with E-state index >= 15 is 0 Å². The maximum Gasteiger partial charge on any atom is 0.235 e. The maximum atomic E-state index is 11.1. The second-order valence-corrected chi connectivity index (χ2v) is 4.14. The van der Waals surface area contributed by atoms with E-state index in [2.05, 4.69) is 21.2 Å². The Morgan fingerprint density at radius 1 is 1.38 bits per heavy atom. The van der Waals surface area contributed by atoms with Gasteiger partial charge in [0.2, 0.25) is 5.91 Å². The minimum absolute atomic E-state index is 0.0111. The Morgan fingerprint density at radius 2 is 2.00 bits per heavy atom. The minimum Gasteiger partial charge on any atom is -0.329 e. The Bertz CT molecular complexity index is 340. The van der Waals surface area contributed by atoms with Crippen LogP contribution in [0, 0.1) is 0 Å². The molecule has 0 radical (unpaired) electrons. The lowest BCUT2D eigenvalue weighted by Crippen LogP contribution is -2.31. The summed E-state index contributed by atoms with van der Waals surface area (Å²) in [6, 6.07) is 7.60. The van der Waals surface area contributed by atoms with Gasteiger partial charge in [0.05, 0.1) is 5.33 Å². The molecule has 4 nitrogen and oxygen atoms in total. The number of alkyl halides is 1. The number of nitrogens with two attached hydrogens (primary N) is 2. The van der Waals surface area contributed by atoms with Gasteiger partial charge in [0.15, 0.2) is 0 Å². The summed E-state index contributed by atoms with van der Waals surface area (Å²) in [7, 11) is 0. The molecule has 1 unspecified atom stereocenters. The van der Waals surface area contributed by atoms with Crippen LogP contribution in [0.4, 0.5) is 5.69 Å². The van der Waals surface area contributed by atoms with Gasteiger partial charge in [-0.25, -0.2) is 0 Å². The molecule has 0 aliphatic carbocycles. The molecule has 0 saturated heterocycles. The molecule has 0 bridgehead atoms. The second kappa shape index (κ2) is 6.62. The molecule has 0 fully saturated rings. The summed E-state index contributed by atoms with van der Waals surface area (Å²) in [5.41, 5.74) is 13.1. The first-order valence-corrected chi connectivity index (χ1v) is 6.18. The number of rotatable bonds is 5. The average molecular weight is 286 g/mol. The third-order valence-electron chi connectivity index (χ3n) is 2.16. The molecular weight excluding hydrogens is 270 g/mol. The highest BCUT2D eigenvalue weighted by Crippen LogP contribution is 2.10. The molecule has 1 amide bonds. The highest BCUT2D eigenvalue weighted by atomic mass is 79.9. The third kappa shape index (κ3) is 4.30. The molecule has 1 atom stereocenters. The number of carbonyl (C=O) groups excluding carboxylic acids is 1. The van der Waals surface area contributed by atoms with E-state index in [0.29, 0.717) is 11.9 Å². The van der Waals surface area contributed by atoms with E-state index in [1.165, 1.54) is 0 Å². The lowest BCUT2D eigenvalue weighted by Gasteiger charge is -2.09. The van der Waals surface area contributed by atoms with Gasteiger partial charge < -0.3 is 16.8 Å². The molecule has 1 aromatic carbocycles. The van der Waals surface area contributed by atoms with E-state index in [1.807, 2.05) is 24.3 Å². The van der Waals surface area contributed by atoms with Crippen molar-refractivity contribution in [3.8, 4) is 0 Å². The Kier molecular flexibility index (Phi) is 5.45. The largest absolute Gasteiger partial charge is 0.329 e. The Morgan fingerprint density at radius 3 is 2.50 bits per heavy atom. The molecule has 5 N–H and O–H groups in total. The van der Waals surface area contributed by atoms with Crippen molar-refractivity contribution in [1.29, 1.82) is 0 Å². The second-order valence-electron chi connectivity index (χ2n) is 3.58. The number of carbonyl (C=O) groups is 1. The number of hydrogen-bond donors (Lipinski definition) is 3. The van der Waals surface area contributed by atoms with Crippen molar-refractivity contribution in [3.63, 3.8) is 0 Å². The van der Waals surface area contributed by atoms with Crippen molar-refractivity contribution >= 4 is 27.5 Å². The van der Waals surface area contributed by atoms with Gasteiger partial charge in [-0.15, -0.1) is 0 Å². The standard InChI is InChI=1S/C11H16BrN3O/c12-6-11(16)15-10-3-1-8(2-4-10)5-9(14)7-13/h1-4,9H,5-7,13-14H2,(H,15,16). The van der Waals surface area contributed by atoms with Crippen molar-refractivity contribution in [1.82, 2.24) is 0 Å². The molecule has 1 rings (SSSR count). The maximum absolute atomic E-state index is 11.1. The predicted molar refractivity (Wildman–Crippen MR) is 69.6 cm³/mol. The van der Waals surface area contributed by atoms with Crippen molar-refractivity contribution in [2.45, 2.75) is 12.5 Å². The van der Waals surface area contributed by atoms with Crippen LogP contribution in [0.25, 0.3) is 0 Å². The number of anilines is 1. The van der Waals surface area contributed by atoms with Crippen molar-refractivity contribution in [2.24, 2.45) is 11.5 Å². The number of nitrogens with one attached hydrogen (secondary N) is 1. The lowest BCUT2D eigenvalue weighted by atomic mass is 10.1. The molecular formula is C11H16BrN3O. The smallest absolute Gasteiger partial charge is 0.235 e. The summed E-state index contributed by atoms with van der Waals surface area (Å²) in [5.74, 6) is -0.0635. The van der Waals surface area contributed by atoms with Crippen LogP contribution < -0.4 is 16.8 Å². The first-order valence-electron chi connectivity index (χ1n) is 5.06. The fourth-order valence-corrected chi connectivity index (χ4v) is 1.44. The van der Waals surface area contributed by atoms with Gasteiger partial charge in [-0.3, -0.25) is 4.79 Å². The zero-order valence-corrected chi connectivity index (χ0v) is 10.5. The minimum atomic E-state index is -0.0635. The highest BCUT2D eigenvalue weighted by Gasteiger charge is 2.03. The number of halogens is 1. The van der Waals surface area contributed by atoms with Crippen molar-refractivity contribution in [2.75, 3.05) is 17.2 Å². The van der Waals surface area contributed by atoms with Crippen LogP contribution in [0.5, 0.6) is 0 Å². The summed E-state index contributed by atoms with van der Waals surface area (Å²) in [6.07, 6.45) is 0.753. The van der Waals surface area contributed by atoms with E-state index in [1.54, 1.807) is 0 Å². The Labute approximate surface area is 104 Å². The quantitative estimate of drug-likeness (QED) is 0.702. The fraction of sp³-hybridized carbons (Fsp3) is 0.364. The first-order chi connectivity index (χ1) is 7.65. The zero-order chi connectivity index (χ0) is 12.0. The summed E-state index contributed by atoms with van der Waals surface area (Å²) in [5, 5.41) is 3.04. The summed E-state index contributed by atoms with van der Waals surface area (Å²) in [4.78, 5) is 11.1. The van der Waals surface area contributed by atoms with Gasteiger partial charge >= 0.3 is 0 Å². The topological polar surface area (TPSA) is 81.1 Å². The number of hydrogen-bond acceptors (Lipinski definition) is 3. The van der Waals surface area contributed by atoms with Crippen LogP contribution in [0.15, 0.2) is 24.3 Å². The van der Waals surface area contributed by atoms with Crippen molar-refractivity contribution in [3.05, 3.63) is 29.8 Å². The predicted octanol–water partition coefficient (Wildman–Crippen LogP) is 0.848. The summed E-state index contributed by atoms with van der Waals surface area (Å²) >= 11 is 3.09. The molecule has 0 aliphatic heterocycles. The summed E-state index contributed by atoms with van der Waals surface area (Å²) in [6.45, 7) is 0.474. The molecule has 0 saturated carbocycles. The van der Waals surface area contributed by atoms with Gasteiger partial charge in [0.25, 0.3) is 0 Å². The molecule has 1 aromatic rings. The molecule has 88 valence electrons. The number of amides is 1. The van der Waals surface area contributed by atoms with Gasteiger partial charge in [-0.1, -0.05) is 28.1 Å². The molecule has 16 heavy (non-hydrogen) atoms. The van der Waals surface area contributed by atoms with Crippen LogP contribution in [0.1, 0.15) is 5.56 Å². The Balaban J connectivity index is 2.57. The monoisotopic (exact) mass is 285 g/mol. The first kappa shape index (κ1) is 13.2. The normalized spacial score (nSPS) is 12.2. The van der Waals surface area contributed by atoms with Gasteiger partial charge in [0, 0.05) is 18.3 Å².